The molecule has 0 unspecified atom stereocenters. The van der Waals surface area contributed by atoms with Gasteiger partial charge in [-0.15, -0.1) is 0 Å². The molecular formula is C14H23FN4O. The van der Waals surface area contributed by atoms with Gasteiger partial charge in [0, 0.05) is 32.9 Å². The predicted octanol–water partition coefficient (Wildman–Crippen LogP) is 1.68. The summed E-state index contributed by atoms with van der Waals surface area (Å²) in [5, 5.41) is 2.65. The van der Waals surface area contributed by atoms with Crippen molar-refractivity contribution in [3.05, 3.63) is 23.6 Å². The van der Waals surface area contributed by atoms with Crippen molar-refractivity contribution < 1.29 is 9.18 Å². The van der Waals surface area contributed by atoms with E-state index in [0.717, 1.165) is 13.0 Å². The summed E-state index contributed by atoms with van der Waals surface area (Å²) in [4.78, 5) is 20.0. The number of hydrogen-bond acceptors (Lipinski definition) is 4. The third kappa shape index (κ3) is 4.16. The standard InChI is InChI=1S/C14H23FN4O/c1-5-8-19(10-9-18(3)4)14(20)11-6-7-17-13(16-2)12(11)15/h6-7H,5,8-10H2,1-4H3,(H,16,17). The number of carbonyl (C=O) groups excluding carboxylic acids is 1. The predicted molar refractivity (Wildman–Crippen MR) is 78.5 cm³/mol. The molecule has 20 heavy (non-hydrogen) atoms. The second-order valence-electron chi connectivity index (χ2n) is 4.87. The van der Waals surface area contributed by atoms with E-state index in [2.05, 4.69) is 10.3 Å². The van der Waals surface area contributed by atoms with Crippen LogP contribution in [0.1, 0.15) is 23.7 Å². The van der Waals surface area contributed by atoms with Crippen molar-refractivity contribution >= 4 is 11.7 Å². The van der Waals surface area contributed by atoms with Gasteiger partial charge >= 0.3 is 0 Å². The molecule has 0 spiro atoms. The first-order valence-corrected chi connectivity index (χ1v) is 6.77. The van der Waals surface area contributed by atoms with Crippen molar-refractivity contribution in [1.29, 1.82) is 0 Å². The second kappa shape index (κ2) is 7.79. The van der Waals surface area contributed by atoms with Crippen LogP contribution in [0.5, 0.6) is 0 Å². The monoisotopic (exact) mass is 282 g/mol. The van der Waals surface area contributed by atoms with Gasteiger partial charge < -0.3 is 15.1 Å². The van der Waals surface area contributed by atoms with E-state index >= 15 is 0 Å². The van der Waals surface area contributed by atoms with Crippen molar-refractivity contribution in [3.63, 3.8) is 0 Å². The van der Waals surface area contributed by atoms with E-state index in [0.29, 0.717) is 13.1 Å². The van der Waals surface area contributed by atoms with Crippen LogP contribution in [0.25, 0.3) is 0 Å². The number of halogens is 1. The number of likely N-dealkylation sites (N-methyl/N-ethyl adjacent to an activating group) is 1. The van der Waals surface area contributed by atoms with E-state index in [4.69, 9.17) is 0 Å². The molecule has 6 heteroatoms. The fraction of sp³-hybridized carbons (Fsp3) is 0.571. The molecule has 0 atom stereocenters. The van der Waals surface area contributed by atoms with Crippen LogP contribution in [-0.4, -0.2) is 61.5 Å². The van der Waals surface area contributed by atoms with Crippen LogP contribution >= 0.6 is 0 Å². The van der Waals surface area contributed by atoms with Gasteiger partial charge in [0.05, 0.1) is 5.56 Å². The lowest BCUT2D eigenvalue weighted by Crippen LogP contribution is -2.37. The molecule has 112 valence electrons. The molecule has 0 aliphatic carbocycles. The van der Waals surface area contributed by atoms with Gasteiger partial charge in [-0.05, 0) is 26.6 Å². The molecule has 0 radical (unpaired) electrons. The Morgan fingerprint density at radius 1 is 1.35 bits per heavy atom. The molecule has 0 aliphatic rings. The van der Waals surface area contributed by atoms with E-state index in [9.17, 15) is 9.18 Å². The first-order chi connectivity index (χ1) is 9.51. The van der Waals surface area contributed by atoms with Gasteiger partial charge in [-0.2, -0.15) is 0 Å². The minimum Gasteiger partial charge on any atom is -0.371 e. The van der Waals surface area contributed by atoms with Crippen molar-refractivity contribution in [3.8, 4) is 0 Å². The summed E-state index contributed by atoms with van der Waals surface area (Å²) in [6.07, 6.45) is 2.28. The maximum atomic E-state index is 14.1. The van der Waals surface area contributed by atoms with Gasteiger partial charge in [0.1, 0.15) is 0 Å². The van der Waals surface area contributed by atoms with Crippen molar-refractivity contribution in [1.82, 2.24) is 14.8 Å². The van der Waals surface area contributed by atoms with Gasteiger partial charge in [-0.3, -0.25) is 4.79 Å². The first kappa shape index (κ1) is 16.4. The van der Waals surface area contributed by atoms with Crippen LogP contribution in [0.15, 0.2) is 12.3 Å². The Bertz CT molecular complexity index is 451. The number of nitrogens with one attached hydrogen (secondary N) is 1. The van der Waals surface area contributed by atoms with E-state index in [1.807, 2.05) is 25.9 Å². The molecule has 1 amide bonds. The van der Waals surface area contributed by atoms with Crippen molar-refractivity contribution in [2.24, 2.45) is 0 Å². The van der Waals surface area contributed by atoms with Crippen molar-refractivity contribution in [2.45, 2.75) is 13.3 Å². The Balaban J connectivity index is 2.94. The summed E-state index contributed by atoms with van der Waals surface area (Å²) in [6, 6.07) is 1.43. The summed E-state index contributed by atoms with van der Waals surface area (Å²) in [6.45, 7) is 3.94. The van der Waals surface area contributed by atoms with Crippen LogP contribution in [0.4, 0.5) is 10.2 Å². The fourth-order valence-corrected chi connectivity index (χ4v) is 1.86. The summed E-state index contributed by atoms with van der Waals surface area (Å²) in [7, 11) is 5.47. The molecule has 1 aromatic rings. The highest BCUT2D eigenvalue weighted by molar-refractivity contribution is 5.95. The Morgan fingerprint density at radius 2 is 2.05 bits per heavy atom. The smallest absolute Gasteiger partial charge is 0.257 e. The molecule has 0 aliphatic heterocycles. The molecule has 1 N–H and O–H groups in total. The lowest BCUT2D eigenvalue weighted by atomic mass is 10.2. The number of nitrogens with zero attached hydrogens (tertiary/aromatic N) is 3. The van der Waals surface area contributed by atoms with Gasteiger partial charge in [-0.25, -0.2) is 9.37 Å². The van der Waals surface area contributed by atoms with Crippen LogP contribution in [0, 0.1) is 5.82 Å². The summed E-state index contributed by atoms with van der Waals surface area (Å²) in [5.74, 6) is -0.782. The zero-order valence-electron chi connectivity index (χ0n) is 12.6. The molecule has 0 aromatic carbocycles. The molecular weight excluding hydrogens is 259 g/mol. The topological polar surface area (TPSA) is 48.5 Å². The number of rotatable bonds is 7. The van der Waals surface area contributed by atoms with Gasteiger partial charge in [0.2, 0.25) is 0 Å². The molecule has 0 saturated carbocycles. The molecule has 5 nitrogen and oxygen atoms in total. The van der Waals surface area contributed by atoms with Gasteiger partial charge in [-0.1, -0.05) is 6.92 Å². The van der Waals surface area contributed by atoms with E-state index in [1.54, 1.807) is 11.9 Å². The highest BCUT2D eigenvalue weighted by atomic mass is 19.1. The molecule has 0 saturated heterocycles. The fourth-order valence-electron chi connectivity index (χ4n) is 1.86. The normalized spacial score (nSPS) is 10.7. The SMILES string of the molecule is CCCN(CCN(C)C)C(=O)c1ccnc(NC)c1F. The molecule has 1 aromatic heterocycles. The first-order valence-electron chi connectivity index (χ1n) is 6.77. The number of amides is 1. The Kier molecular flexibility index (Phi) is 6.38. The zero-order valence-corrected chi connectivity index (χ0v) is 12.6. The minimum atomic E-state index is -0.592. The van der Waals surface area contributed by atoms with Gasteiger partial charge in [0.15, 0.2) is 11.6 Å². The maximum Gasteiger partial charge on any atom is 0.257 e. The van der Waals surface area contributed by atoms with E-state index < -0.39 is 5.82 Å². The average molecular weight is 282 g/mol. The Morgan fingerprint density at radius 3 is 2.60 bits per heavy atom. The zero-order chi connectivity index (χ0) is 15.1. The third-order valence-electron chi connectivity index (χ3n) is 2.95. The maximum absolute atomic E-state index is 14.1. The number of pyridine rings is 1. The highest BCUT2D eigenvalue weighted by Gasteiger charge is 2.20. The van der Waals surface area contributed by atoms with E-state index in [1.165, 1.54) is 12.3 Å². The lowest BCUT2D eigenvalue weighted by Gasteiger charge is -2.24. The molecule has 1 rings (SSSR count). The minimum absolute atomic E-state index is 0.0663. The summed E-state index contributed by atoms with van der Waals surface area (Å²) in [5.41, 5.74) is 0.0663. The highest BCUT2D eigenvalue weighted by Crippen LogP contribution is 2.16. The summed E-state index contributed by atoms with van der Waals surface area (Å²) >= 11 is 0. The van der Waals surface area contributed by atoms with Gasteiger partial charge in [0.25, 0.3) is 5.91 Å². The third-order valence-corrected chi connectivity index (χ3v) is 2.95. The molecule has 0 bridgehead atoms. The quantitative estimate of drug-likeness (QED) is 0.826. The Hall–Kier alpha value is -1.69. The number of aromatic nitrogens is 1. The average Bonchev–Trinajstić information content (AvgIpc) is 2.42. The van der Waals surface area contributed by atoms with Crippen LogP contribution in [0.2, 0.25) is 0 Å². The van der Waals surface area contributed by atoms with E-state index in [-0.39, 0.29) is 17.3 Å². The van der Waals surface area contributed by atoms with Crippen LogP contribution in [0.3, 0.4) is 0 Å². The number of hydrogen-bond donors (Lipinski definition) is 1. The molecule has 0 fully saturated rings. The van der Waals surface area contributed by atoms with Crippen LogP contribution < -0.4 is 5.32 Å². The second-order valence-corrected chi connectivity index (χ2v) is 4.87. The summed E-state index contributed by atoms with van der Waals surface area (Å²) < 4.78 is 14.1. The number of anilines is 1. The molecule has 1 heterocycles. The number of carbonyl (C=O) groups is 1. The van der Waals surface area contributed by atoms with Crippen molar-refractivity contribution in [2.75, 3.05) is 46.1 Å². The largest absolute Gasteiger partial charge is 0.371 e. The lowest BCUT2D eigenvalue weighted by molar-refractivity contribution is 0.0740. The Labute approximate surface area is 119 Å². The van der Waals surface area contributed by atoms with Crippen LogP contribution in [-0.2, 0) is 0 Å².